The van der Waals surface area contributed by atoms with Crippen LogP contribution in [0.4, 0.5) is 17.1 Å². The number of nitrogens with zero attached hydrogens (tertiary/aromatic N) is 3. The van der Waals surface area contributed by atoms with Crippen LogP contribution in [0, 0.1) is 0 Å². The Morgan fingerprint density at radius 2 is 1.33 bits per heavy atom. The van der Waals surface area contributed by atoms with E-state index >= 15 is 0 Å². The highest BCUT2D eigenvalue weighted by Gasteiger charge is 2.10. The molecule has 108 valence electrons. The molecule has 0 amide bonds. The summed E-state index contributed by atoms with van der Waals surface area (Å²) < 4.78 is 6.40. The topological polar surface area (TPSA) is 37.2 Å². The summed E-state index contributed by atoms with van der Waals surface area (Å²) in [6.45, 7) is 3.48. The van der Waals surface area contributed by atoms with Crippen LogP contribution in [0.2, 0.25) is 0 Å². The highest BCUT2D eigenvalue weighted by atomic mass is 79.9. The van der Waals surface area contributed by atoms with Crippen LogP contribution in [0.15, 0.2) is 63.2 Å². The van der Waals surface area contributed by atoms with Crippen molar-refractivity contribution in [1.29, 1.82) is 0 Å². The van der Waals surface area contributed by atoms with E-state index in [0.717, 1.165) is 42.2 Å². The Balaban J connectivity index is 1.67. The number of morpholine rings is 1. The van der Waals surface area contributed by atoms with Crippen LogP contribution in [0.25, 0.3) is 0 Å². The van der Waals surface area contributed by atoms with Crippen LogP contribution >= 0.6 is 15.9 Å². The van der Waals surface area contributed by atoms with E-state index in [-0.39, 0.29) is 0 Å². The van der Waals surface area contributed by atoms with Gasteiger partial charge in [0.15, 0.2) is 0 Å². The average Bonchev–Trinajstić information content (AvgIpc) is 2.56. The SMILES string of the molecule is Brc1ccc(N=Nc2ccc(N3CCOCC3)cc2)cc1. The van der Waals surface area contributed by atoms with Crippen molar-refractivity contribution in [3.8, 4) is 0 Å². The summed E-state index contributed by atoms with van der Waals surface area (Å²) >= 11 is 3.40. The highest BCUT2D eigenvalue weighted by Crippen LogP contribution is 2.23. The lowest BCUT2D eigenvalue weighted by molar-refractivity contribution is 0.122. The van der Waals surface area contributed by atoms with E-state index in [1.165, 1.54) is 5.69 Å². The van der Waals surface area contributed by atoms with Crippen LogP contribution < -0.4 is 4.90 Å². The average molecular weight is 346 g/mol. The van der Waals surface area contributed by atoms with Gasteiger partial charge in [0.1, 0.15) is 0 Å². The van der Waals surface area contributed by atoms with Gasteiger partial charge in [0.2, 0.25) is 0 Å². The summed E-state index contributed by atoms with van der Waals surface area (Å²) in [7, 11) is 0. The van der Waals surface area contributed by atoms with Gasteiger partial charge in [-0.1, -0.05) is 15.9 Å². The van der Waals surface area contributed by atoms with Crippen molar-refractivity contribution in [2.75, 3.05) is 31.2 Å². The third-order valence-corrected chi connectivity index (χ3v) is 3.86. The molecule has 0 bridgehead atoms. The number of anilines is 1. The van der Waals surface area contributed by atoms with Crippen LogP contribution in [0.1, 0.15) is 0 Å². The van der Waals surface area contributed by atoms with Gasteiger partial charge in [-0.2, -0.15) is 10.2 Å². The van der Waals surface area contributed by atoms with Crippen molar-refractivity contribution in [2.24, 2.45) is 10.2 Å². The smallest absolute Gasteiger partial charge is 0.0858 e. The maximum Gasteiger partial charge on any atom is 0.0858 e. The van der Waals surface area contributed by atoms with Gasteiger partial charge in [-0.15, -0.1) is 0 Å². The molecule has 0 aromatic heterocycles. The molecule has 4 nitrogen and oxygen atoms in total. The molecule has 1 saturated heterocycles. The predicted molar refractivity (Wildman–Crippen MR) is 87.8 cm³/mol. The molecule has 1 aliphatic heterocycles. The van der Waals surface area contributed by atoms with Gasteiger partial charge in [0.25, 0.3) is 0 Å². The lowest BCUT2D eigenvalue weighted by Crippen LogP contribution is -2.36. The van der Waals surface area contributed by atoms with E-state index < -0.39 is 0 Å². The fourth-order valence-corrected chi connectivity index (χ4v) is 2.44. The largest absolute Gasteiger partial charge is 0.378 e. The second-order valence-corrected chi connectivity index (χ2v) is 5.71. The molecule has 0 N–H and O–H groups in total. The summed E-state index contributed by atoms with van der Waals surface area (Å²) in [4.78, 5) is 2.32. The molecule has 0 unspecified atom stereocenters. The van der Waals surface area contributed by atoms with Gasteiger partial charge >= 0.3 is 0 Å². The molecule has 5 heteroatoms. The Morgan fingerprint density at radius 3 is 1.90 bits per heavy atom. The maximum atomic E-state index is 5.36. The number of benzene rings is 2. The molecule has 1 aliphatic rings. The van der Waals surface area contributed by atoms with Crippen molar-refractivity contribution in [1.82, 2.24) is 0 Å². The molecule has 2 aromatic carbocycles. The van der Waals surface area contributed by atoms with E-state index in [9.17, 15) is 0 Å². The lowest BCUT2D eigenvalue weighted by Gasteiger charge is -2.28. The number of rotatable bonds is 3. The van der Waals surface area contributed by atoms with Crippen LogP contribution in [-0.2, 0) is 4.74 Å². The standard InChI is InChI=1S/C16H16BrN3O/c17-13-1-3-14(4-2-13)18-19-15-5-7-16(8-6-15)20-9-11-21-12-10-20/h1-8H,9-12H2. The highest BCUT2D eigenvalue weighted by molar-refractivity contribution is 9.10. The Kier molecular flexibility index (Phi) is 4.62. The van der Waals surface area contributed by atoms with Crippen LogP contribution in [0.3, 0.4) is 0 Å². The zero-order chi connectivity index (χ0) is 14.5. The minimum Gasteiger partial charge on any atom is -0.378 e. The summed E-state index contributed by atoms with van der Waals surface area (Å²) in [5.74, 6) is 0. The zero-order valence-electron chi connectivity index (χ0n) is 11.6. The maximum absolute atomic E-state index is 5.36. The molecule has 0 saturated carbocycles. The zero-order valence-corrected chi connectivity index (χ0v) is 13.2. The minimum absolute atomic E-state index is 0.797. The first-order chi connectivity index (χ1) is 10.3. The van der Waals surface area contributed by atoms with Crippen molar-refractivity contribution in [2.45, 2.75) is 0 Å². The summed E-state index contributed by atoms with van der Waals surface area (Å²) in [6.07, 6.45) is 0. The summed E-state index contributed by atoms with van der Waals surface area (Å²) in [5, 5.41) is 8.49. The number of hydrogen-bond acceptors (Lipinski definition) is 4. The molecule has 0 atom stereocenters. The second-order valence-electron chi connectivity index (χ2n) is 4.79. The summed E-state index contributed by atoms with van der Waals surface area (Å²) in [5.41, 5.74) is 2.91. The number of azo groups is 1. The fourth-order valence-electron chi connectivity index (χ4n) is 2.17. The number of hydrogen-bond donors (Lipinski definition) is 0. The summed E-state index contributed by atoms with van der Waals surface area (Å²) in [6, 6.07) is 15.9. The van der Waals surface area contributed by atoms with E-state index in [1.807, 2.05) is 36.4 Å². The lowest BCUT2D eigenvalue weighted by atomic mass is 10.2. The van der Waals surface area contributed by atoms with Gasteiger partial charge in [0.05, 0.1) is 24.6 Å². The normalized spacial score (nSPS) is 15.6. The quantitative estimate of drug-likeness (QED) is 0.756. The Hall–Kier alpha value is -1.72. The van der Waals surface area contributed by atoms with Gasteiger partial charge in [-0.25, -0.2) is 0 Å². The molecule has 1 heterocycles. The Morgan fingerprint density at radius 1 is 0.810 bits per heavy atom. The third-order valence-electron chi connectivity index (χ3n) is 3.33. The van der Waals surface area contributed by atoms with Crippen LogP contribution in [-0.4, -0.2) is 26.3 Å². The van der Waals surface area contributed by atoms with E-state index in [2.05, 4.69) is 43.2 Å². The van der Waals surface area contributed by atoms with E-state index in [1.54, 1.807) is 0 Å². The van der Waals surface area contributed by atoms with Gasteiger partial charge < -0.3 is 9.64 Å². The molecule has 3 rings (SSSR count). The minimum atomic E-state index is 0.797. The molecule has 0 spiro atoms. The molecule has 21 heavy (non-hydrogen) atoms. The molecule has 1 fully saturated rings. The van der Waals surface area contributed by atoms with E-state index in [4.69, 9.17) is 4.74 Å². The number of ether oxygens (including phenoxy) is 1. The monoisotopic (exact) mass is 345 g/mol. The van der Waals surface area contributed by atoms with Gasteiger partial charge in [-0.05, 0) is 48.5 Å². The van der Waals surface area contributed by atoms with Crippen molar-refractivity contribution >= 4 is 33.0 Å². The third kappa shape index (κ3) is 3.89. The molecule has 0 radical (unpaired) electrons. The first kappa shape index (κ1) is 14.2. The predicted octanol–water partition coefficient (Wildman–Crippen LogP) is 4.70. The van der Waals surface area contributed by atoms with Gasteiger partial charge in [0, 0.05) is 23.2 Å². The first-order valence-corrected chi connectivity index (χ1v) is 7.71. The molecular formula is C16H16BrN3O. The van der Waals surface area contributed by atoms with Crippen molar-refractivity contribution in [3.05, 3.63) is 53.0 Å². The first-order valence-electron chi connectivity index (χ1n) is 6.91. The van der Waals surface area contributed by atoms with Crippen molar-refractivity contribution < 1.29 is 4.74 Å². The van der Waals surface area contributed by atoms with E-state index in [0.29, 0.717) is 0 Å². The Bertz CT molecular complexity index is 604. The van der Waals surface area contributed by atoms with Gasteiger partial charge in [-0.3, -0.25) is 0 Å². The molecule has 2 aromatic rings. The molecule has 0 aliphatic carbocycles. The molecular weight excluding hydrogens is 330 g/mol. The van der Waals surface area contributed by atoms with Crippen molar-refractivity contribution in [3.63, 3.8) is 0 Å². The Labute approximate surface area is 132 Å². The fraction of sp³-hybridized carbons (Fsp3) is 0.250. The number of halogens is 1. The second kappa shape index (κ2) is 6.83. The van der Waals surface area contributed by atoms with Crippen LogP contribution in [0.5, 0.6) is 0 Å².